The van der Waals surface area contributed by atoms with Gasteiger partial charge < -0.3 is 4.90 Å². The molecule has 1 N–H and O–H groups in total. The number of thioether (sulfide) groups is 1. The smallest absolute Gasteiger partial charge is 0.230 e. The van der Waals surface area contributed by atoms with Gasteiger partial charge in [0.05, 0.1) is 11.9 Å². The van der Waals surface area contributed by atoms with E-state index in [1.807, 2.05) is 13.2 Å². The number of hydrogen-bond acceptors (Lipinski definition) is 3. The molecule has 1 aromatic heterocycles. The van der Waals surface area contributed by atoms with E-state index >= 15 is 0 Å². The van der Waals surface area contributed by atoms with Crippen LogP contribution in [-0.4, -0.2) is 35.2 Å². The van der Waals surface area contributed by atoms with Crippen LogP contribution in [0, 0.1) is 5.92 Å². The van der Waals surface area contributed by atoms with E-state index in [1.165, 1.54) is 0 Å². The van der Waals surface area contributed by atoms with Gasteiger partial charge >= 0.3 is 0 Å². The maximum atomic E-state index is 11.8. The van der Waals surface area contributed by atoms with Crippen molar-refractivity contribution in [3.05, 3.63) is 12.4 Å². The standard InChI is InChI=1S/C9H15N3OS/c1-7(6-14-3)9(13)12(2)8-4-10-11-5-8/h4-5,7H,6H2,1-3H3,(H,10,11). The molecule has 78 valence electrons. The lowest BCUT2D eigenvalue weighted by molar-refractivity contribution is -0.120. The van der Waals surface area contributed by atoms with E-state index in [0.29, 0.717) is 0 Å². The zero-order valence-corrected chi connectivity index (χ0v) is 9.47. The number of anilines is 1. The predicted molar refractivity (Wildman–Crippen MR) is 59.5 cm³/mol. The number of amides is 1. The largest absolute Gasteiger partial charge is 0.312 e. The second-order valence-corrected chi connectivity index (χ2v) is 4.12. The molecule has 0 saturated heterocycles. The Morgan fingerprint density at radius 1 is 1.79 bits per heavy atom. The molecule has 0 radical (unpaired) electrons. The van der Waals surface area contributed by atoms with Crippen molar-refractivity contribution in [2.24, 2.45) is 5.92 Å². The fourth-order valence-electron chi connectivity index (χ4n) is 1.21. The van der Waals surface area contributed by atoms with E-state index < -0.39 is 0 Å². The summed E-state index contributed by atoms with van der Waals surface area (Å²) < 4.78 is 0. The molecule has 1 unspecified atom stereocenters. The van der Waals surface area contributed by atoms with Crippen LogP contribution in [0.3, 0.4) is 0 Å². The Balaban J connectivity index is 2.61. The second-order valence-electron chi connectivity index (χ2n) is 3.21. The van der Waals surface area contributed by atoms with Crippen LogP contribution >= 0.6 is 11.8 Å². The highest BCUT2D eigenvalue weighted by Gasteiger charge is 2.18. The van der Waals surface area contributed by atoms with Gasteiger partial charge in [0.2, 0.25) is 5.91 Å². The monoisotopic (exact) mass is 213 g/mol. The molecule has 1 rings (SSSR count). The van der Waals surface area contributed by atoms with Crippen LogP contribution in [0.25, 0.3) is 0 Å². The molecular weight excluding hydrogens is 198 g/mol. The highest BCUT2D eigenvalue weighted by atomic mass is 32.2. The molecule has 5 heteroatoms. The van der Waals surface area contributed by atoms with E-state index in [9.17, 15) is 4.79 Å². The second kappa shape index (κ2) is 5.05. The quantitative estimate of drug-likeness (QED) is 0.822. The topological polar surface area (TPSA) is 49.0 Å². The Hall–Kier alpha value is -0.970. The summed E-state index contributed by atoms with van der Waals surface area (Å²) in [6.07, 6.45) is 5.36. The van der Waals surface area contributed by atoms with Gasteiger partial charge in [0.15, 0.2) is 0 Å². The average Bonchev–Trinajstić information content (AvgIpc) is 2.68. The predicted octanol–water partition coefficient (Wildman–Crippen LogP) is 1.37. The Morgan fingerprint density at radius 2 is 2.50 bits per heavy atom. The maximum Gasteiger partial charge on any atom is 0.230 e. The van der Waals surface area contributed by atoms with Gasteiger partial charge in [-0.15, -0.1) is 0 Å². The molecule has 1 amide bonds. The van der Waals surface area contributed by atoms with Crippen molar-refractivity contribution in [2.75, 3.05) is 24.0 Å². The van der Waals surface area contributed by atoms with Gasteiger partial charge in [-0.25, -0.2) is 0 Å². The van der Waals surface area contributed by atoms with E-state index in [0.717, 1.165) is 11.4 Å². The molecule has 0 aliphatic rings. The number of carbonyl (C=O) groups excluding carboxylic acids is 1. The highest BCUT2D eigenvalue weighted by Crippen LogP contribution is 2.14. The maximum absolute atomic E-state index is 11.8. The van der Waals surface area contributed by atoms with Crippen molar-refractivity contribution >= 4 is 23.4 Å². The number of aromatic amines is 1. The number of H-pyrrole nitrogens is 1. The van der Waals surface area contributed by atoms with E-state index in [4.69, 9.17) is 0 Å². The van der Waals surface area contributed by atoms with Crippen LogP contribution in [0.4, 0.5) is 5.69 Å². The van der Waals surface area contributed by atoms with Crippen LogP contribution in [0.1, 0.15) is 6.92 Å². The third-order valence-corrected chi connectivity index (χ3v) is 2.87. The minimum Gasteiger partial charge on any atom is -0.312 e. The number of hydrogen-bond donors (Lipinski definition) is 1. The van der Waals surface area contributed by atoms with Gasteiger partial charge in [0, 0.05) is 24.9 Å². The first-order valence-corrected chi connectivity index (χ1v) is 5.81. The van der Waals surface area contributed by atoms with Crippen molar-refractivity contribution < 1.29 is 4.79 Å². The normalized spacial score (nSPS) is 12.5. The Morgan fingerprint density at radius 3 is 3.00 bits per heavy atom. The van der Waals surface area contributed by atoms with E-state index in [1.54, 1.807) is 36.1 Å². The summed E-state index contributed by atoms with van der Waals surface area (Å²) in [5.74, 6) is 1.02. The van der Waals surface area contributed by atoms with Crippen molar-refractivity contribution in [1.82, 2.24) is 10.2 Å². The van der Waals surface area contributed by atoms with E-state index in [2.05, 4.69) is 10.2 Å². The van der Waals surface area contributed by atoms with Crippen LogP contribution in [0.15, 0.2) is 12.4 Å². The lowest BCUT2D eigenvalue weighted by Gasteiger charge is -2.18. The third-order valence-electron chi connectivity index (χ3n) is 2.04. The molecule has 4 nitrogen and oxygen atoms in total. The number of nitrogens with one attached hydrogen (secondary N) is 1. The van der Waals surface area contributed by atoms with Gasteiger partial charge in [-0.1, -0.05) is 6.92 Å². The van der Waals surface area contributed by atoms with Crippen molar-refractivity contribution in [2.45, 2.75) is 6.92 Å². The summed E-state index contributed by atoms with van der Waals surface area (Å²) in [6.45, 7) is 1.94. The molecule has 1 aromatic rings. The summed E-state index contributed by atoms with van der Waals surface area (Å²) in [5, 5.41) is 6.49. The minimum absolute atomic E-state index is 0.0462. The zero-order valence-electron chi connectivity index (χ0n) is 8.65. The van der Waals surface area contributed by atoms with Crippen molar-refractivity contribution in [3.8, 4) is 0 Å². The minimum atomic E-state index is 0.0462. The highest BCUT2D eigenvalue weighted by molar-refractivity contribution is 7.98. The Bertz CT molecular complexity index is 286. The summed E-state index contributed by atoms with van der Waals surface area (Å²) in [6, 6.07) is 0. The SMILES string of the molecule is CSCC(C)C(=O)N(C)c1cn[nH]c1. The summed E-state index contributed by atoms with van der Waals surface area (Å²) in [4.78, 5) is 13.4. The fraction of sp³-hybridized carbons (Fsp3) is 0.556. The molecule has 0 fully saturated rings. The van der Waals surface area contributed by atoms with E-state index in [-0.39, 0.29) is 11.8 Å². The fourth-order valence-corrected chi connectivity index (χ4v) is 1.85. The molecule has 0 spiro atoms. The summed E-state index contributed by atoms with van der Waals surface area (Å²) in [5.41, 5.74) is 0.808. The molecule has 0 bridgehead atoms. The lowest BCUT2D eigenvalue weighted by atomic mass is 10.2. The first kappa shape index (κ1) is 11.1. The van der Waals surface area contributed by atoms with Crippen LogP contribution < -0.4 is 4.90 Å². The Kier molecular flexibility index (Phi) is 4.00. The summed E-state index contributed by atoms with van der Waals surface area (Å²) >= 11 is 1.68. The average molecular weight is 213 g/mol. The van der Waals surface area contributed by atoms with Crippen molar-refractivity contribution in [1.29, 1.82) is 0 Å². The van der Waals surface area contributed by atoms with Crippen LogP contribution in [0.5, 0.6) is 0 Å². The third kappa shape index (κ3) is 2.51. The zero-order chi connectivity index (χ0) is 10.6. The van der Waals surface area contributed by atoms with Crippen molar-refractivity contribution in [3.63, 3.8) is 0 Å². The molecule has 0 aliphatic carbocycles. The van der Waals surface area contributed by atoms with Gasteiger partial charge in [0.1, 0.15) is 0 Å². The molecule has 0 aromatic carbocycles. The number of nitrogens with zero attached hydrogens (tertiary/aromatic N) is 2. The number of carbonyl (C=O) groups is 1. The Labute approximate surface area is 88.1 Å². The number of aromatic nitrogens is 2. The summed E-state index contributed by atoms with van der Waals surface area (Å²) in [7, 11) is 1.77. The van der Waals surface area contributed by atoms with Crippen LogP contribution in [0.2, 0.25) is 0 Å². The van der Waals surface area contributed by atoms with Gasteiger partial charge in [-0.2, -0.15) is 16.9 Å². The number of rotatable bonds is 4. The molecule has 1 atom stereocenters. The van der Waals surface area contributed by atoms with Crippen LogP contribution in [-0.2, 0) is 4.79 Å². The van der Waals surface area contributed by atoms with Gasteiger partial charge in [-0.3, -0.25) is 9.89 Å². The lowest BCUT2D eigenvalue weighted by Crippen LogP contribution is -2.32. The first-order valence-electron chi connectivity index (χ1n) is 4.42. The van der Waals surface area contributed by atoms with Gasteiger partial charge in [-0.05, 0) is 6.26 Å². The molecule has 0 aliphatic heterocycles. The molecule has 1 heterocycles. The molecular formula is C9H15N3OS. The first-order chi connectivity index (χ1) is 6.66. The molecule has 0 saturated carbocycles. The van der Waals surface area contributed by atoms with Gasteiger partial charge in [0.25, 0.3) is 0 Å². The molecule has 14 heavy (non-hydrogen) atoms.